The lowest BCUT2D eigenvalue weighted by Crippen LogP contribution is -2.49. The Hall–Kier alpha value is -1.96. The smallest absolute Gasteiger partial charge is 0.257 e. The molecule has 3 heterocycles. The molecule has 3 saturated heterocycles. The highest BCUT2D eigenvalue weighted by Gasteiger charge is 2.10. The van der Waals surface area contributed by atoms with Crippen LogP contribution in [0.25, 0.3) is 0 Å². The van der Waals surface area contributed by atoms with Crippen LogP contribution in [0.1, 0.15) is 0 Å². The van der Waals surface area contributed by atoms with Crippen LogP contribution in [0.15, 0.2) is 20.4 Å². The van der Waals surface area contributed by atoms with Crippen molar-refractivity contribution in [3.05, 3.63) is 0 Å². The van der Waals surface area contributed by atoms with Crippen LogP contribution >= 0.6 is 0 Å². The molecule has 0 aromatic heterocycles. The molecule has 0 spiro atoms. The first kappa shape index (κ1) is 20.8. The van der Waals surface area contributed by atoms with E-state index in [0.717, 1.165) is 58.9 Å². The molecule has 3 atom stereocenters. The molecule has 0 amide bonds. The summed E-state index contributed by atoms with van der Waals surface area (Å²) in [4.78, 5) is 0. The SMILES string of the molecule is C(=NN=C(NN=CC1CNCCN1)N/N=C/C1CNCCN1)C1CNCCN1. The second-order valence-corrected chi connectivity index (χ2v) is 6.79. The molecule has 12 nitrogen and oxygen atoms in total. The summed E-state index contributed by atoms with van der Waals surface area (Å²) in [7, 11) is 0. The Balaban J connectivity index is 1.52. The van der Waals surface area contributed by atoms with Gasteiger partial charge in [-0.05, 0) is 0 Å². The third-order valence-corrected chi connectivity index (χ3v) is 4.47. The van der Waals surface area contributed by atoms with E-state index in [4.69, 9.17) is 0 Å². The zero-order valence-corrected chi connectivity index (χ0v) is 16.1. The van der Waals surface area contributed by atoms with Gasteiger partial charge in [-0.3, -0.25) is 0 Å². The van der Waals surface area contributed by atoms with Crippen LogP contribution in [-0.2, 0) is 0 Å². The first-order valence-corrected chi connectivity index (χ1v) is 9.92. The van der Waals surface area contributed by atoms with Crippen molar-refractivity contribution < 1.29 is 0 Å². The number of hydrogen-bond donors (Lipinski definition) is 8. The van der Waals surface area contributed by atoms with Gasteiger partial charge < -0.3 is 31.9 Å². The second kappa shape index (κ2) is 12.5. The van der Waals surface area contributed by atoms with Crippen LogP contribution in [0.4, 0.5) is 0 Å². The molecular weight excluding hydrogens is 360 g/mol. The third kappa shape index (κ3) is 7.96. The van der Waals surface area contributed by atoms with E-state index in [2.05, 4.69) is 63.2 Å². The molecule has 3 aliphatic rings. The van der Waals surface area contributed by atoms with Gasteiger partial charge in [-0.15, -0.1) is 5.10 Å². The van der Waals surface area contributed by atoms with Gasteiger partial charge in [0.2, 0.25) is 0 Å². The summed E-state index contributed by atoms with van der Waals surface area (Å²) in [5.41, 5.74) is 5.77. The predicted molar refractivity (Wildman–Crippen MR) is 113 cm³/mol. The van der Waals surface area contributed by atoms with Crippen LogP contribution < -0.4 is 42.8 Å². The van der Waals surface area contributed by atoms with E-state index in [1.54, 1.807) is 6.21 Å². The maximum atomic E-state index is 4.25. The summed E-state index contributed by atoms with van der Waals surface area (Å²) in [6.45, 7) is 8.23. The third-order valence-electron chi connectivity index (χ3n) is 4.47. The summed E-state index contributed by atoms with van der Waals surface area (Å²) < 4.78 is 0. The standard InChI is InChI=1S/C16H32N12/c1-4-20-13(7-17-1)10-23-26-16(27-24-11-14-8-18-2-5-21-14)28-25-12-15-9-19-3-6-22-15/h10-15,17-22H,1-9H2,(H2,26,27,28)/b23-10+,24-11?,25-12?. The Labute approximate surface area is 165 Å². The number of rotatable bonds is 6. The fourth-order valence-corrected chi connectivity index (χ4v) is 2.96. The second-order valence-electron chi connectivity index (χ2n) is 6.79. The molecule has 3 rings (SSSR count). The number of nitrogens with one attached hydrogen (secondary N) is 8. The lowest BCUT2D eigenvalue weighted by molar-refractivity contribution is 0.491. The Kier molecular flexibility index (Phi) is 9.26. The molecule has 156 valence electrons. The fourth-order valence-electron chi connectivity index (χ4n) is 2.96. The molecule has 0 saturated carbocycles. The van der Waals surface area contributed by atoms with Crippen LogP contribution in [0.3, 0.4) is 0 Å². The van der Waals surface area contributed by atoms with E-state index >= 15 is 0 Å². The van der Waals surface area contributed by atoms with Gasteiger partial charge in [-0.1, -0.05) is 0 Å². The first-order valence-electron chi connectivity index (χ1n) is 9.92. The highest BCUT2D eigenvalue weighted by atomic mass is 15.5. The first-order chi connectivity index (χ1) is 13.9. The summed E-state index contributed by atoms with van der Waals surface area (Å²) in [6, 6.07) is 0.537. The number of guanidine groups is 1. The van der Waals surface area contributed by atoms with Gasteiger partial charge in [0.15, 0.2) is 0 Å². The monoisotopic (exact) mass is 392 g/mol. The molecule has 3 unspecified atom stereocenters. The average molecular weight is 393 g/mol. The minimum absolute atomic E-state index is 0.167. The zero-order valence-electron chi connectivity index (χ0n) is 16.1. The summed E-state index contributed by atoms with van der Waals surface area (Å²) in [5, 5.41) is 36.9. The van der Waals surface area contributed by atoms with Crippen LogP contribution in [-0.4, -0.2) is 102 Å². The van der Waals surface area contributed by atoms with E-state index in [9.17, 15) is 0 Å². The van der Waals surface area contributed by atoms with Gasteiger partial charge in [0, 0.05) is 77.5 Å². The molecule has 3 fully saturated rings. The normalized spacial score (nSPS) is 30.3. The molecule has 8 N–H and O–H groups in total. The van der Waals surface area contributed by atoms with Crippen molar-refractivity contribution in [2.45, 2.75) is 18.1 Å². The van der Waals surface area contributed by atoms with Crippen molar-refractivity contribution in [3.63, 3.8) is 0 Å². The fraction of sp³-hybridized carbons (Fsp3) is 0.750. The maximum absolute atomic E-state index is 4.25. The summed E-state index contributed by atoms with van der Waals surface area (Å²) in [6.07, 6.45) is 5.41. The van der Waals surface area contributed by atoms with Crippen LogP contribution in [0.2, 0.25) is 0 Å². The topological polar surface area (TPSA) is 146 Å². The van der Waals surface area contributed by atoms with Crippen molar-refractivity contribution in [1.82, 2.24) is 42.8 Å². The molecule has 0 aliphatic carbocycles. The van der Waals surface area contributed by atoms with Crippen molar-refractivity contribution in [3.8, 4) is 0 Å². The number of piperazine rings is 3. The van der Waals surface area contributed by atoms with Gasteiger partial charge in [0.1, 0.15) is 0 Å². The summed E-state index contributed by atoms with van der Waals surface area (Å²) >= 11 is 0. The highest BCUT2D eigenvalue weighted by molar-refractivity contribution is 5.82. The van der Waals surface area contributed by atoms with Gasteiger partial charge >= 0.3 is 0 Å². The molecule has 12 heteroatoms. The van der Waals surface area contributed by atoms with Gasteiger partial charge in [-0.25, -0.2) is 10.9 Å². The van der Waals surface area contributed by atoms with E-state index in [0.29, 0.717) is 5.96 Å². The quantitative estimate of drug-likeness (QED) is 0.130. The van der Waals surface area contributed by atoms with Crippen molar-refractivity contribution in [2.75, 3.05) is 58.9 Å². The minimum Gasteiger partial charge on any atom is -0.314 e. The van der Waals surface area contributed by atoms with Crippen molar-refractivity contribution in [1.29, 1.82) is 0 Å². The molecule has 3 aliphatic heterocycles. The van der Waals surface area contributed by atoms with Crippen LogP contribution in [0, 0.1) is 0 Å². The Bertz CT molecular complexity index is 510. The number of hydrazone groups is 2. The van der Waals surface area contributed by atoms with E-state index in [1.165, 1.54) is 0 Å². The van der Waals surface area contributed by atoms with E-state index in [-0.39, 0.29) is 18.1 Å². The molecule has 0 radical (unpaired) electrons. The lowest BCUT2D eigenvalue weighted by Gasteiger charge is -2.21. The van der Waals surface area contributed by atoms with Gasteiger partial charge in [0.05, 0.1) is 18.1 Å². The summed E-state index contributed by atoms with van der Waals surface area (Å²) in [5.74, 6) is 0.361. The predicted octanol–water partition coefficient (Wildman–Crippen LogP) is -3.84. The molecule has 0 bridgehead atoms. The van der Waals surface area contributed by atoms with Crippen LogP contribution in [0.5, 0.6) is 0 Å². The minimum atomic E-state index is 0.167. The Morgan fingerprint density at radius 1 is 0.643 bits per heavy atom. The maximum Gasteiger partial charge on any atom is 0.257 e. The molecule has 0 aromatic rings. The highest BCUT2D eigenvalue weighted by Crippen LogP contribution is 1.86. The Morgan fingerprint density at radius 2 is 1.11 bits per heavy atom. The largest absolute Gasteiger partial charge is 0.314 e. The Morgan fingerprint density at radius 3 is 1.54 bits per heavy atom. The zero-order chi connectivity index (χ0) is 19.3. The average Bonchev–Trinajstić information content (AvgIpc) is 2.76. The molecule has 0 aromatic carbocycles. The molecule has 28 heavy (non-hydrogen) atoms. The number of nitrogens with zero attached hydrogens (tertiary/aromatic N) is 4. The van der Waals surface area contributed by atoms with Crippen molar-refractivity contribution >= 4 is 24.6 Å². The number of hydrogen-bond acceptors (Lipinski definition) is 10. The van der Waals surface area contributed by atoms with E-state index in [1.807, 2.05) is 12.4 Å². The van der Waals surface area contributed by atoms with Gasteiger partial charge in [-0.2, -0.15) is 15.3 Å². The molecular formula is C16H32N12. The van der Waals surface area contributed by atoms with Gasteiger partial charge in [0.25, 0.3) is 5.96 Å². The van der Waals surface area contributed by atoms with E-state index < -0.39 is 0 Å². The lowest BCUT2D eigenvalue weighted by atomic mass is 10.2. The van der Waals surface area contributed by atoms with Crippen molar-refractivity contribution in [2.24, 2.45) is 20.4 Å².